The molecule has 0 spiro atoms. The first kappa shape index (κ1) is 45.7. The second-order valence-electron chi connectivity index (χ2n) is 12.4. The maximum atomic E-state index is 12.6. The number of carbonyl (C=O) groups excluding carboxylic acids is 3. The lowest BCUT2D eigenvalue weighted by Crippen LogP contribution is -2.46. The predicted octanol–water partition coefficient (Wildman–Crippen LogP) is -0.369. The lowest BCUT2D eigenvalue weighted by Gasteiger charge is -2.30. The maximum Gasteiger partial charge on any atom is 0.481 e. The minimum atomic E-state index is -5.57. The number of rotatable bonds is 21. The highest BCUT2D eigenvalue weighted by atomic mass is 32.2. The van der Waals surface area contributed by atoms with Crippen molar-refractivity contribution in [2.45, 2.75) is 64.3 Å². The standard InChI is InChI=1S/C26H42N7O17P3S/c1-14(2)9-17(35)54-8-7-28-16(34)5-6-29-24(38)21(37)26(3,4)11-47-53(44,45)50-52(42,43)46-10-15-20(49-51(39,40)41)19(36)25(48-15)33-13-32-18-22(27)30-12-31-23(18)33/h12-13,15,19-21,25,36-37H,1,5-11H2,2-4H3,(H,28,34)(H,29,38)(H,42,43)(H,44,45)(H2,27,30,31)(H2,39,40,41). The molecule has 2 aromatic heterocycles. The molecule has 7 unspecified atom stereocenters. The van der Waals surface area contributed by atoms with Gasteiger partial charge in [-0.1, -0.05) is 37.8 Å². The minimum Gasteiger partial charge on any atom is -0.386 e. The van der Waals surface area contributed by atoms with Gasteiger partial charge in [0.05, 0.1) is 19.5 Å². The molecule has 304 valence electrons. The van der Waals surface area contributed by atoms with Crippen molar-refractivity contribution >= 4 is 69.1 Å². The van der Waals surface area contributed by atoms with Crippen molar-refractivity contribution in [3.05, 3.63) is 24.8 Å². The van der Waals surface area contributed by atoms with Crippen molar-refractivity contribution in [1.29, 1.82) is 0 Å². The Hall–Kier alpha value is -2.70. The third kappa shape index (κ3) is 13.8. The number of hydrogen-bond donors (Lipinski definition) is 9. The normalized spacial score (nSPS) is 21.9. The molecule has 10 N–H and O–H groups in total. The van der Waals surface area contributed by atoms with E-state index in [1.807, 2.05) is 0 Å². The van der Waals surface area contributed by atoms with Crippen LogP contribution in [0.4, 0.5) is 5.82 Å². The summed E-state index contributed by atoms with van der Waals surface area (Å²) in [6, 6.07) is 0. The lowest BCUT2D eigenvalue weighted by molar-refractivity contribution is -0.137. The number of aliphatic hydroxyl groups is 2. The Bertz CT molecular complexity index is 1830. The highest BCUT2D eigenvalue weighted by molar-refractivity contribution is 8.13. The molecular weight excluding hydrogens is 807 g/mol. The first-order chi connectivity index (χ1) is 24.9. The summed E-state index contributed by atoms with van der Waals surface area (Å²) >= 11 is 1.04. The summed E-state index contributed by atoms with van der Waals surface area (Å²) in [5.74, 6) is -1.13. The summed E-state index contributed by atoms with van der Waals surface area (Å²) in [5, 5.41) is 26.2. The number of thioether (sulfide) groups is 1. The van der Waals surface area contributed by atoms with E-state index in [1.165, 1.54) is 13.8 Å². The number of anilines is 1. The zero-order chi connectivity index (χ0) is 40.6. The Balaban J connectivity index is 1.51. The van der Waals surface area contributed by atoms with Gasteiger partial charge in [-0.3, -0.25) is 32.5 Å². The molecule has 0 aromatic carbocycles. The van der Waals surface area contributed by atoms with Crippen molar-refractivity contribution in [2.24, 2.45) is 5.41 Å². The summed E-state index contributed by atoms with van der Waals surface area (Å²) in [7, 11) is -16.4. The van der Waals surface area contributed by atoms with E-state index in [-0.39, 0.29) is 48.0 Å². The average Bonchev–Trinajstić information content (AvgIpc) is 3.60. The highest BCUT2D eigenvalue weighted by Crippen LogP contribution is 2.61. The Morgan fingerprint density at radius 3 is 2.41 bits per heavy atom. The van der Waals surface area contributed by atoms with Crippen LogP contribution in [0, 0.1) is 5.41 Å². The van der Waals surface area contributed by atoms with Crippen molar-refractivity contribution in [2.75, 3.05) is 37.8 Å². The van der Waals surface area contributed by atoms with Crippen LogP contribution in [0.5, 0.6) is 0 Å². The zero-order valence-electron chi connectivity index (χ0n) is 29.0. The van der Waals surface area contributed by atoms with Crippen LogP contribution in [0.25, 0.3) is 11.2 Å². The fraction of sp³-hybridized carbons (Fsp3) is 0.615. The van der Waals surface area contributed by atoms with Gasteiger partial charge < -0.3 is 50.9 Å². The number of hydrogen-bond acceptors (Lipinski definition) is 18. The highest BCUT2D eigenvalue weighted by Gasteiger charge is 2.50. The number of phosphoric ester groups is 3. The van der Waals surface area contributed by atoms with Gasteiger partial charge in [0.1, 0.15) is 36.3 Å². The smallest absolute Gasteiger partial charge is 0.386 e. The topological polar surface area (TPSA) is 364 Å². The number of allylic oxidation sites excluding steroid dienone is 1. The molecule has 1 aliphatic heterocycles. The van der Waals surface area contributed by atoms with E-state index in [4.69, 9.17) is 19.5 Å². The first-order valence-corrected chi connectivity index (χ1v) is 21.1. The fourth-order valence-electron chi connectivity index (χ4n) is 4.59. The molecular formula is C26H42N7O17P3S. The summed E-state index contributed by atoms with van der Waals surface area (Å²) in [6.45, 7) is 5.84. The molecule has 1 saturated heterocycles. The van der Waals surface area contributed by atoms with Crippen LogP contribution >= 0.6 is 35.2 Å². The molecule has 28 heteroatoms. The number of fused-ring (bicyclic) bond motifs is 1. The molecule has 1 fully saturated rings. The van der Waals surface area contributed by atoms with E-state index < -0.39 is 84.6 Å². The Kier molecular flexibility index (Phi) is 16.0. The fourth-order valence-corrected chi connectivity index (χ4v) is 8.20. The van der Waals surface area contributed by atoms with Gasteiger partial charge in [0.2, 0.25) is 11.8 Å². The van der Waals surface area contributed by atoms with Crippen LogP contribution in [0.1, 0.15) is 39.8 Å². The zero-order valence-corrected chi connectivity index (χ0v) is 32.5. The molecule has 3 heterocycles. The van der Waals surface area contributed by atoms with Gasteiger partial charge in [-0.05, 0) is 6.92 Å². The van der Waals surface area contributed by atoms with Gasteiger partial charge >= 0.3 is 23.5 Å². The van der Waals surface area contributed by atoms with E-state index in [9.17, 15) is 57.9 Å². The number of amides is 2. The Morgan fingerprint density at radius 2 is 1.76 bits per heavy atom. The molecule has 0 aliphatic carbocycles. The summed E-state index contributed by atoms with van der Waals surface area (Å²) in [5.41, 5.74) is 4.97. The molecule has 7 atom stereocenters. The first-order valence-electron chi connectivity index (χ1n) is 15.6. The van der Waals surface area contributed by atoms with Gasteiger partial charge in [-0.2, -0.15) is 4.31 Å². The molecule has 2 aromatic rings. The number of imidazole rings is 1. The number of nitrogens with one attached hydrogen (secondary N) is 2. The predicted molar refractivity (Wildman–Crippen MR) is 187 cm³/mol. The molecule has 3 rings (SSSR count). The van der Waals surface area contributed by atoms with Gasteiger partial charge in [0.25, 0.3) is 0 Å². The number of aromatic nitrogens is 4. The van der Waals surface area contributed by atoms with Gasteiger partial charge in [-0.25, -0.2) is 28.6 Å². The number of carbonyl (C=O) groups is 3. The Morgan fingerprint density at radius 1 is 1.09 bits per heavy atom. The van der Waals surface area contributed by atoms with Crippen LogP contribution in [0.2, 0.25) is 0 Å². The third-order valence-corrected chi connectivity index (χ3v) is 11.2. The summed E-state index contributed by atoms with van der Waals surface area (Å²) in [4.78, 5) is 87.0. The van der Waals surface area contributed by atoms with Gasteiger partial charge in [0, 0.05) is 37.1 Å². The van der Waals surface area contributed by atoms with Crippen LogP contribution in [0.15, 0.2) is 24.8 Å². The molecule has 2 amide bonds. The molecule has 0 bridgehead atoms. The monoisotopic (exact) mass is 849 g/mol. The summed E-state index contributed by atoms with van der Waals surface area (Å²) in [6.07, 6.45) is -6.70. The van der Waals surface area contributed by atoms with E-state index >= 15 is 0 Å². The maximum absolute atomic E-state index is 12.6. The quantitative estimate of drug-likeness (QED) is 0.0439. The number of phosphoric acid groups is 3. The number of ether oxygens (including phenoxy) is 1. The van der Waals surface area contributed by atoms with Crippen molar-refractivity contribution in [3.8, 4) is 0 Å². The van der Waals surface area contributed by atoms with E-state index in [1.54, 1.807) is 6.92 Å². The third-order valence-electron chi connectivity index (χ3n) is 7.21. The second-order valence-corrected chi connectivity index (χ2v) is 17.8. The molecule has 24 nitrogen and oxygen atoms in total. The SMILES string of the molecule is C=C(C)CC(=O)SCCNC(=O)CCNC(=O)C(O)C(C)(C)COP(=O)(O)OP(=O)(O)OCC1OC(n2cnc3c(N)ncnc32)C(O)C1OP(=O)(O)O. The van der Waals surface area contributed by atoms with Crippen LogP contribution in [0.3, 0.4) is 0 Å². The van der Waals surface area contributed by atoms with Crippen molar-refractivity contribution < 1.29 is 80.5 Å². The molecule has 0 radical (unpaired) electrons. The van der Waals surface area contributed by atoms with Crippen LogP contribution in [-0.4, -0.2) is 123 Å². The molecule has 1 aliphatic rings. The van der Waals surface area contributed by atoms with E-state index in [0.29, 0.717) is 11.3 Å². The Labute approximate surface area is 311 Å². The molecule has 0 saturated carbocycles. The van der Waals surface area contributed by atoms with Crippen LogP contribution in [-0.2, 0) is 50.7 Å². The average molecular weight is 850 g/mol. The number of nitrogens with zero attached hydrogens (tertiary/aromatic N) is 4. The van der Waals surface area contributed by atoms with E-state index in [2.05, 4.69) is 41.0 Å². The largest absolute Gasteiger partial charge is 0.481 e. The summed E-state index contributed by atoms with van der Waals surface area (Å²) < 4.78 is 62.0. The number of nitrogens with two attached hydrogens (primary N) is 1. The van der Waals surface area contributed by atoms with Crippen LogP contribution < -0.4 is 16.4 Å². The van der Waals surface area contributed by atoms with Crippen molar-refractivity contribution in [1.82, 2.24) is 30.2 Å². The van der Waals surface area contributed by atoms with E-state index in [0.717, 1.165) is 29.0 Å². The molecule has 54 heavy (non-hydrogen) atoms. The van der Waals surface area contributed by atoms with Gasteiger partial charge in [0.15, 0.2) is 22.8 Å². The van der Waals surface area contributed by atoms with Gasteiger partial charge in [-0.15, -0.1) is 0 Å². The second kappa shape index (κ2) is 19.0. The number of nitrogen functional groups attached to an aromatic ring is 1. The number of aliphatic hydroxyl groups excluding tert-OH is 2. The lowest BCUT2D eigenvalue weighted by atomic mass is 9.87. The minimum absolute atomic E-state index is 0.0295. The van der Waals surface area contributed by atoms with Crippen molar-refractivity contribution in [3.63, 3.8) is 0 Å².